The van der Waals surface area contributed by atoms with Gasteiger partial charge in [0, 0.05) is 45.8 Å². The van der Waals surface area contributed by atoms with E-state index >= 15 is 0 Å². The van der Waals surface area contributed by atoms with Gasteiger partial charge in [-0.1, -0.05) is 0 Å². The summed E-state index contributed by atoms with van der Waals surface area (Å²) in [5.41, 5.74) is 1.69. The van der Waals surface area contributed by atoms with Crippen LogP contribution in [0.15, 0.2) is 17.0 Å². The molecule has 4 aliphatic carbocycles. The number of aryl methyl sites for hydroxylation is 1. The van der Waals surface area contributed by atoms with E-state index in [0.29, 0.717) is 43.2 Å². The number of sulfonamides is 1. The van der Waals surface area contributed by atoms with Gasteiger partial charge >= 0.3 is 0 Å². The van der Waals surface area contributed by atoms with Crippen molar-refractivity contribution in [1.29, 1.82) is 0 Å². The third-order valence-corrected chi connectivity index (χ3v) is 10.9. The second kappa shape index (κ2) is 8.33. The fourth-order valence-electron chi connectivity index (χ4n) is 7.42. The summed E-state index contributed by atoms with van der Waals surface area (Å²) >= 11 is 0. The van der Waals surface area contributed by atoms with E-state index in [-0.39, 0.29) is 16.2 Å². The average Bonchev–Trinajstić information content (AvgIpc) is 2.78. The van der Waals surface area contributed by atoms with Gasteiger partial charge in [0.25, 0.3) is 5.91 Å². The fourth-order valence-corrected chi connectivity index (χ4v) is 8.64. The topological polar surface area (TPSA) is 78.0 Å². The lowest BCUT2D eigenvalue weighted by molar-refractivity contribution is -0.159. The Balaban J connectivity index is 1.29. The van der Waals surface area contributed by atoms with E-state index in [2.05, 4.69) is 0 Å². The van der Waals surface area contributed by atoms with Crippen LogP contribution in [0.4, 0.5) is 0 Å². The molecule has 8 heteroatoms. The first-order chi connectivity index (χ1) is 16.0. The highest BCUT2D eigenvalue weighted by atomic mass is 32.2. The Morgan fingerprint density at radius 1 is 0.882 bits per heavy atom. The van der Waals surface area contributed by atoms with Gasteiger partial charge in [-0.15, -0.1) is 0 Å². The molecule has 1 aromatic carbocycles. The molecule has 6 rings (SSSR count). The third kappa shape index (κ3) is 3.87. The molecule has 186 valence electrons. The molecule has 0 spiro atoms. The SMILES string of the molecule is Cc1cc(C(=O)N2CCN(C(=O)C34CC5CC(CC(C5)C3)C4)CC2)cc(S(=O)(=O)N(C)C)c1C. The number of piperazine rings is 1. The molecule has 0 radical (unpaired) electrons. The molecular formula is C26H37N3O4S. The van der Waals surface area contributed by atoms with E-state index in [1.165, 1.54) is 43.7 Å². The zero-order valence-electron chi connectivity index (χ0n) is 20.8. The van der Waals surface area contributed by atoms with Gasteiger partial charge in [0.1, 0.15) is 0 Å². The minimum atomic E-state index is -3.65. The Bertz CT molecular complexity index is 1080. The molecule has 0 N–H and O–H groups in total. The first-order valence-corrected chi connectivity index (χ1v) is 14.1. The summed E-state index contributed by atoms with van der Waals surface area (Å²) in [4.78, 5) is 30.9. The van der Waals surface area contributed by atoms with Crippen LogP contribution in [0.25, 0.3) is 0 Å². The van der Waals surface area contributed by atoms with Crippen LogP contribution in [0.5, 0.6) is 0 Å². The van der Waals surface area contributed by atoms with Gasteiger partial charge in [-0.05, 0) is 93.4 Å². The molecule has 4 saturated carbocycles. The fraction of sp³-hybridized carbons (Fsp3) is 0.692. The zero-order valence-corrected chi connectivity index (χ0v) is 21.7. The average molecular weight is 488 g/mol. The van der Waals surface area contributed by atoms with Crippen molar-refractivity contribution in [3.8, 4) is 0 Å². The summed E-state index contributed by atoms with van der Waals surface area (Å²) in [5, 5.41) is 0. The van der Waals surface area contributed by atoms with Crippen LogP contribution >= 0.6 is 0 Å². The molecule has 5 fully saturated rings. The minimum absolute atomic E-state index is 0.148. The number of hydrogen-bond acceptors (Lipinski definition) is 4. The van der Waals surface area contributed by atoms with Crippen molar-refractivity contribution in [3.63, 3.8) is 0 Å². The van der Waals surface area contributed by atoms with Gasteiger partial charge in [0.05, 0.1) is 10.3 Å². The molecule has 0 atom stereocenters. The Hall–Kier alpha value is -1.93. The molecule has 1 heterocycles. The monoisotopic (exact) mass is 487 g/mol. The number of nitrogens with zero attached hydrogens (tertiary/aromatic N) is 3. The van der Waals surface area contributed by atoms with Crippen LogP contribution in [0.2, 0.25) is 0 Å². The van der Waals surface area contributed by atoms with Crippen molar-refractivity contribution in [2.24, 2.45) is 23.2 Å². The van der Waals surface area contributed by atoms with E-state index in [1.807, 2.05) is 11.8 Å². The smallest absolute Gasteiger partial charge is 0.254 e. The number of amides is 2. The number of hydrogen-bond donors (Lipinski definition) is 0. The molecule has 0 unspecified atom stereocenters. The second-order valence-corrected chi connectivity index (χ2v) is 13.6. The summed E-state index contributed by atoms with van der Waals surface area (Å²) in [6.07, 6.45) is 7.12. The highest BCUT2D eigenvalue weighted by Gasteiger charge is 2.55. The maximum absolute atomic E-state index is 13.7. The quantitative estimate of drug-likeness (QED) is 0.654. The molecule has 34 heavy (non-hydrogen) atoms. The number of benzene rings is 1. The second-order valence-electron chi connectivity index (χ2n) is 11.5. The summed E-state index contributed by atoms with van der Waals surface area (Å²) in [6, 6.07) is 3.28. The van der Waals surface area contributed by atoms with Gasteiger partial charge in [0.15, 0.2) is 0 Å². The number of carbonyl (C=O) groups is 2. The van der Waals surface area contributed by atoms with Crippen LogP contribution in [0.1, 0.15) is 60.0 Å². The minimum Gasteiger partial charge on any atom is -0.339 e. The van der Waals surface area contributed by atoms with Crippen LogP contribution < -0.4 is 0 Å². The van der Waals surface area contributed by atoms with E-state index in [0.717, 1.165) is 42.6 Å². The molecule has 2 amide bonds. The highest BCUT2D eigenvalue weighted by Crippen LogP contribution is 2.60. The van der Waals surface area contributed by atoms with Crippen LogP contribution in [-0.4, -0.2) is 74.6 Å². The summed E-state index contributed by atoms with van der Waals surface area (Å²) in [6.45, 7) is 5.69. The molecule has 1 aliphatic heterocycles. The number of carbonyl (C=O) groups excluding carboxylic acids is 2. The van der Waals surface area contributed by atoms with Crippen molar-refractivity contribution in [2.45, 2.75) is 57.3 Å². The predicted molar refractivity (Wildman–Crippen MR) is 130 cm³/mol. The van der Waals surface area contributed by atoms with Gasteiger partial charge in [-0.3, -0.25) is 9.59 Å². The predicted octanol–water partition coefficient (Wildman–Crippen LogP) is 3.05. The Morgan fingerprint density at radius 2 is 1.38 bits per heavy atom. The lowest BCUT2D eigenvalue weighted by atomic mass is 9.49. The summed E-state index contributed by atoms with van der Waals surface area (Å²) in [7, 11) is -0.652. The maximum Gasteiger partial charge on any atom is 0.254 e. The molecule has 0 aromatic heterocycles. The first kappa shape index (κ1) is 23.8. The molecule has 4 bridgehead atoms. The summed E-state index contributed by atoms with van der Waals surface area (Å²) < 4.78 is 26.8. The maximum atomic E-state index is 13.7. The van der Waals surface area contributed by atoms with Gasteiger partial charge in [0.2, 0.25) is 15.9 Å². The Kier molecular flexibility index (Phi) is 5.83. The lowest BCUT2D eigenvalue weighted by Crippen LogP contribution is -2.58. The normalized spacial score (nSPS) is 30.8. The first-order valence-electron chi connectivity index (χ1n) is 12.6. The van der Waals surface area contributed by atoms with Crippen molar-refractivity contribution in [3.05, 3.63) is 28.8 Å². The standard InChI is InChI=1S/C26H37N3O4S/c1-17-9-22(13-23(18(17)2)34(32,33)27(3)4)24(30)28-5-7-29(8-6-28)25(31)26-14-19-10-20(15-26)12-21(11-19)16-26/h9,13,19-21H,5-8,10-12,14-16H2,1-4H3. The third-order valence-electron chi connectivity index (χ3n) is 8.97. The highest BCUT2D eigenvalue weighted by molar-refractivity contribution is 7.89. The van der Waals surface area contributed by atoms with E-state index in [1.54, 1.807) is 17.9 Å². The van der Waals surface area contributed by atoms with E-state index in [9.17, 15) is 18.0 Å². The van der Waals surface area contributed by atoms with Crippen LogP contribution in [0.3, 0.4) is 0 Å². The molecule has 5 aliphatic rings. The van der Waals surface area contributed by atoms with Gasteiger partial charge in [-0.2, -0.15) is 0 Å². The van der Waals surface area contributed by atoms with Crippen LogP contribution in [0, 0.1) is 37.0 Å². The van der Waals surface area contributed by atoms with Crippen molar-refractivity contribution in [1.82, 2.24) is 14.1 Å². The molecule has 7 nitrogen and oxygen atoms in total. The molecular weight excluding hydrogens is 450 g/mol. The Morgan fingerprint density at radius 3 is 1.88 bits per heavy atom. The largest absolute Gasteiger partial charge is 0.339 e. The van der Waals surface area contributed by atoms with Gasteiger partial charge in [-0.25, -0.2) is 12.7 Å². The Labute approximate surface area is 203 Å². The van der Waals surface area contributed by atoms with E-state index in [4.69, 9.17) is 0 Å². The lowest BCUT2D eigenvalue weighted by Gasteiger charge is -2.57. The van der Waals surface area contributed by atoms with Crippen molar-refractivity contribution >= 4 is 21.8 Å². The zero-order chi connectivity index (χ0) is 24.4. The molecule has 1 aromatic rings. The molecule has 1 saturated heterocycles. The van der Waals surface area contributed by atoms with Crippen molar-refractivity contribution in [2.75, 3.05) is 40.3 Å². The van der Waals surface area contributed by atoms with Crippen LogP contribution in [-0.2, 0) is 14.8 Å². The van der Waals surface area contributed by atoms with E-state index < -0.39 is 10.0 Å². The summed E-state index contributed by atoms with van der Waals surface area (Å²) in [5.74, 6) is 2.35. The number of rotatable bonds is 4. The van der Waals surface area contributed by atoms with Gasteiger partial charge < -0.3 is 9.80 Å². The van der Waals surface area contributed by atoms with Crippen molar-refractivity contribution < 1.29 is 18.0 Å².